The van der Waals surface area contributed by atoms with Crippen molar-refractivity contribution in [3.63, 3.8) is 0 Å². The molecule has 4 atom stereocenters. The van der Waals surface area contributed by atoms with Crippen molar-refractivity contribution >= 4 is 29.1 Å². The maximum atomic E-state index is 13.7. The zero-order valence-electron chi connectivity index (χ0n) is 18.7. The minimum Gasteiger partial charge on any atom is -0.379 e. The number of aliphatic hydroxyl groups excluding tert-OH is 1. The van der Waals surface area contributed by atoms with Crippen molar-refractivity contribution in [3.05, 3.63) is 69.7 Å². The molecule has 1 aliphatic carbocycles. The van der Waals surface area contributed by atoms with Crippen LogP contribution in [0.3, 0.4) is 0 Å². The highest BCUT2D eigenvalue weighted by Crippen LogP contribution is 2.48. The van der Waals surface area contributed by atoms with Crippen LogP contribution in [0, 0.1) is 11.8 Å². The van der Waals surface area contributed by atoms with Gasteiger partial charge in [-0.25, -0.2) is 0 Å². The average Bonchev–Trinajstić information content (AvgIpc) is 3.55. The zero-order chi connectivity index (χ0) is 22.8. The van der Waals surface area contributed by atoms with Gasteiger partial charge < -0.3 is 10.0 Å². The summed E-state index contributed by atoms with van der Waals surface area (Å²) in [5.74, 6) is 0.538. The van der Waals surface area contributed by atoms with E-state index in [9.17, 15) is 9.90 Å². The van der Waals surface area contributed by atoms with Crippen LogP contribution in [0.15, 0.2) is 48.5 Å². The van der Waals surface area contributed by atoms with E-state index in [-0.39, 0.29) is 29.8 Å². The quantitative estimate of drug-likeness (QED) is 0.476. The summed E-state index contributed by atoms with van der Waals surface area (Å²) in [6.45, 7) is 4.75. The molecular weight excluding hydrogens is 443 g/mol. The van der Waals surface area contributed by atoms with E-state index in [0.29, 0.717) is 28.8 Å². The monoisotopic (exact) mass is 474 g/mol. The number of aliphatic hydroxyl groups is 1. The lowest BCUT2D eigenvalue weighted by Crippen LogP contribution is -2.49. The van der Waals surface area contributed by atoms with Gasteiger partial charge in [-0.15, -0.1) is 0 Å². The Morgan fingerprint density at radius 3 is 2.41 bits per heavy atom. The number of hydrogen-bond acceptors (Lipinski definition) is 3. The predicted octanol–water partition coefficient (Wildman–Crippen LogP) is 5.78. The van der Waals surface area contributed by atoms with Gasteiger partial charge in [0.25, 0.3) is 0 Å². The molecule has 0 spiro atoms. The van der Waals surface area contributed by atoms with Gasteiger partial charge in [-0.3, -0.25) is 10.1 Å². The molecule has 1 unspecified atom stereocenters. The summed E-state index contributed by atoms with van der Waals surface area (Å²) in [7, 11) is 0. The normalized spacial score (nSPS) is 24.8. The first-order valence-corrected chi connectivity index (χ1v) is 12.3. The molecule has 1 heterocycles. The minimum atomic E-state index is -0.709. The molecule has 4 nitrogen and oxygen atoms in total. The van der Waals surface area contributed by atoms with E-state index in [1.165, 1.54) is 12.8 Å². The summed E-state index contributed by atoms with van der Waals surface area (Å²) >= 11 is 12.5. The molecule has 1 aliphatic heterocycles. The third-order valence-corrected chi connectivity index (χ3v) is 7.05. The number of piperidine rings is 1. The second-order valence-corrected chi connectivity index (χ2v) is 10.5. The fourth-order valence-electron chi connectivity index (χ4n) is 4.95. The Morgan fingerprint density at radius 1 is 1.06 bits per heavy atom. The molecule has 1 saturated heterocycles. The summed E-state index contributed by atoms with van der Waals surface area (Å²) in [6, 6.07) is 15.9. The molecule has 4 rings (SSSR count). The van der Waals surface area contributed by atoms with E-state index in [4.69, 9.17) is 23.2 Å². The van der Waals surface area contributed by atoms with Crippen molar-refractivity contribution in [2.24, 2.45) is 11.8 Å². The van der Waals surface area contributed by atoms with Gasteiger partial charge in [0.15, 0.2) is 0 Å². The van der Waals surface area contributed by atoms with E-state index in [2.05, 4.69) is 16.3 Å². The third-order valence-electron chi connectivity index (χ3n) is 6.56. The van der Waals surface area contributed by atoms with Crippen LogP contribution in [0.5, 0.6) is 0 Å². The maximum Gasteiger partial charge on any atom is 0.226 e. The highest BCUT2D eigenvalue weighted by molar-refractivity contribution is 6.30. The molecule has 0 aromatic heterocycles. The second kappa shape index (κ2) is 10.1. The van der Waals surface area contributed by atoms with Crippen molar-refractivity contribution in [1.29, 1.82) is 0 Å². The van der Waals surface area contributed by atoms with Gasteiger partial charge in [0.05, 0.1) is 6.04 Å². The van der Waals surface area contributed by atoms with Crippen molar-refractivity contribution in [1.82, 2.24) is 10.2 Å². The molecular formula is C26H32Cl2N2O2. The van der Waals surface area contributed by atoms with E-state index in [1.807, 2.05) is 56.3 Å². The number of halogens is 2. The van der Waals surface area contributed by atoms with Crippen LogP contribution in [0.4, 0.5) is 0 Å². The molecule has 172 valence electrons. The molecule has 2 fully saturated rings. The maximum absolute atomic E-state index is 13.7. The van der Waals surface area contributed by atoms with Crippen LogP contribution in [0.25, 0.3) is 0 Å². The van der Waals surface area contributed by atoms with E-state index in [0.717, 1.165) is 17.7 Å². The number of nitrogens with zero attached hydrogens (tertiary/aromatic N) is 1. The van der Waals surface area contributed by atoms with Gasteiger partial charge in [-0.05, 0) is 80.8 Å². The summed E-state index contributed by atoms with van der Waals surface area (Å²) < 4.78 is 0. The van der Waals surface area contributed by atoms with Crippen LogP contribution in [-0.4, -0.2) is 34.7 Å². The molecule has 0 bridgehead atoms. The number of rotatable bonds is 8. The minimum absolute atomic E-state index is 0.0784. The lowest BCUT2D eigenvalue weighted by molar-refractivity contribution is -0.145. The highest BCUT2D eigenvalue weighted by atomic mass is 35.5. The Kier molecular flexibility index (Phi) is 7.46. The molecule has 2 aromatic carbocycles. The molecule has 1 amide bonds. The summed E-state index contributed by atoms with van der Waals surface area (Å²) in [4.78, 5) is 15.8. The Labute approximate surface area is 200 Å². The topological polar surface area (TPSA) is 52.6 Å². The Morgan fingerprint density at radius 2 is 1.78 bits per heavy atom. The molecule has 32 heavy (non-hydrogen) atoms. The zero-order valence-corrected chi connectivity index (χ0v) is 20.2. The molecule has 2 aliphatic rings. The van der Waals surface area contributed by atoms with Crippen LogP contribution < -0.4 is 5.32 Å². The van der Waals surface area contributed by atoms with Crippen molar-refractivity contribution in [2.75, 3.05) is 6.54 Å². The fourth-order valence-corrected chi connectivity index (χ4v) is 5.28. The van der Waals surface area contributed by atoms with E-state index < -0.39 is 6.23 Å². The first-order valence-electron chi connectivity index (χ1n) is 11.6. The summed E-state index contributed by atoms with van der Waals surface area (Å²) in [5.41, 5.74) is 2.22. The second-order valence-electron chi connectivity index (χ2n) is 9.60. The largest absolute Gasteiger partial charge is 0.379 e. The number of nitrogens with one attached hydrogen (secondary N) is 1. The van der Waals surface area contributed by atoms with Crippen LogP contribution in [0.2, 0.25) is 10.0 Å². The Hall–Kier alpha value is -1.59. The van der Waals surface area contributed by atoms with Crippen molar-refractivity contribution in [3.8, 4) is 0 Å². The van der Waals surface area contributed by atoms with E-state index >= 15 is 0 Å². The number of carbonyl (C=O) groups is 1. The molecule has 2 N–H and O–H groups in total. The first-order chi connectivity index (χ1) is 15.3. The fraction of sp³-hybridized carbons (Fsp3) is 0.500. The van der Waals surface area contributed by atoms with Crippen LogP contribution in [-0.2, 0) is 4.79 Å². The summed E-state index contributed by atoms with van der Waals surface area (Å²) in [6.07, 6.45) is 2.70. The first kappa shape index (κ1) is 23.6. The molecule has 6 heteroatoms. The van der Waals surface area contributed by atoms with Crippen molar-refractivity contribution in [2.45, 2.75) is 63.8 Å². The lowest BCUT2D eigenvalue weighted by atomic mass is 9.74. The van der Waals surface area contributed by atoms with Gasteiger partial charge in [-0.2, -0.15) is 0 Å². The van der Waals surface area contributed by atoms with Gasteiger partial charge in [0, 0.05) is 34.5 Å². The van der Waals surface area contributed by atoms with Gasteiger partial charge in [0.2, 0.25) is 5.91 Å². The number of likely N-dealkylation sites (tertiary alicyclic amines) is 1. The lowest BCUT2D eigenvalue weighted by Gasteiger charge is -2.45. The summed E-state index contributed by atoms with van der Waals surface area (Å²) in [5, 5.41) is 15.1. The SMILES string of the molecule is CC(C)NC(O)C[C@H]1C[C@H](c2cccc(Cl)c2)[C@@H](c2ccc(Cl)cc2)N(CC2CC2)C1=O. The molecule has 2 aromatic rings. The van der Waals surface area contributed by atoms with Crippen LogP contribution >= 0.6 is 23.2 Å². The number of benzene rings is 2. The van der Waals surface area contributed by atoms with Gasteiger partial charge in [0.1, 0.15) is 6.23 Å². The average molecular weight is 475 g/mol. The Bertz CT molecular complexity index is 930. The number of amides is 1. The smallest absolute Gasteiger partial charge is 0.226 e. The number of hydrogen-bond donors (Lipinski definition) is 2. The predicted molar refractivity (Wildman–Crippen MR) is 130 cm³/mol. The standard InChI is InChI=1S/C26H32Cl2N2O2/c1-16(2)29-24(31)14-20-13-23(19-4-3-5-22(28)12-19)25(18-8-10-21(27)11-9-18)30(26(20)32)15-17-6-7-17/h3-5,8-12,16-17,20,23-25,29,31H,6-7,13-15H2,1-2H3/t20-,23-,24?,25-/m1/s1. The third kappa shape index (κ3) is 5.66. The van der Waals surface area contributed by atoms with Gasteiger partial charge >= 0.3 is 0 Å². The van der Waals surface area contributed by atoms with Gasteiger partial charge in [-0.1, -0.05) is 47.5 Å². The Balaban J connectivity index is 1.72. The number of carbonyl (C=O) groups excluding carboxylic acids is 1. The highest BCUT2D eigenvalue weighted by Gasteiger charge is 2.45. The van der Waals surface area contributed by atoms with E-state index in [1.54, 1.807) is 0 Å². The van der Waals surface area contributed by atoms with Crippen LogP contribution in [0.1, 0.15) is 62.6 Å². The molecule has 0 radical (unpaired) electrons. The molecule has 1 saturated carbocycles. The van der Waals surface area contributed by atoms with Crippen molar-refractivity contribution < 1.29 is 9.90 Å².